The summed E-state index contributed by atoms with van der Waals surface area (Å²) in [6.45, 7) is 2.07. The van der Waals surface area contributed by atoms with E-state index >= 15 is 0 Å². The molecule has 138 valence electrons. The van der Waals surface area contributed by atoms with Crippen molar-refractivity contribution in [3.63, 3.8) is 0 Å². The Bertz CT molecular complexity index is 913. The molecule has 0 aliphatic heterocycles. The number of thioether (sulfide) groups is 1. The molecule has 0 fully saturated rings. The van der Waals surface area contributed by atoms with Gasteiger partial charge in [0.2, 0.25) is 0 Å². The van der Waals surface area contributed by atoms with Crippen molar-refractivity contribution in [2.75, 3.05) is 6.26 Å². The summed E-state index contributed by atoms with van der Waals surface area (Å²) >= 11 is 1.38. The maximum atomic E-state index is 14.0. The standard InChI is InChI=1S/C23H21FO2S/c1-3-20(17-8-13-21(24)22(14-17)27-2)23(15-4-9-18(25)10-5-15)16-6-11-19(26)12-7-16/h4-14,25-26H,3H2,1-2H3. The van der Waals surface area contributed by atoms with Crippen LogP contribution in [0.15, 0.2) is 71.6 Å². The van der Waals surface area contributed by atoms with Gasteiger partial charge in [0.15, 0.2) is 0 Å². The fraction of sp³-hybridized carbons (Fsp3) is 0.130. The summed E-state index contributed by atoms with van der Waals surface area (Å²) in [6, 6.07) is 19.3. The fourth-order valence-electron chi connectivity index (χ4n) is 3.14. The van der Waals surface area contributed by atoms with Crippen molar-refractivity contribution in [1.29, 1.82) is 0 Å². The first-order valence-electron chi connectivity index (χ1n) is 8.69. The van der Waals surface area contributed by atoms with E-state index in [1.54, 1.807) is 30.3 Å². The number of hydrogen-bond acceptors (Lipinski definition) is 3. The molecule has 0 unspecified atom stereocenters. The Morgan fingerprint density at radius 1 is 0.815 bits per heavy atom. The normalized spacial score (nSPS) is 10.6. The van der Waals surface area contributed by atoms with Crippen LogP contribution >= 0.6 is 11.8 Å². The van der Waals surface area contributed by atoms with Crippen molar-refractivity contribution in [1.82, 2.24) is 0 Å². The molecule has 4 heteroatoms. The summed E-state index contributed by atoms with van der Waals surface area (Å²) in [4.78, 5) is 0.606. The Morgan fingerprint density at radius 3 is 1.74 bits per heavy atom. The van der Waals surface area contributed by atoms with Crippen molar-refractivity contribution in [2.24, 2.45) is 0 Å². The lowest BCUT2D eigenvalue weighted by atomic mass is 9.88. The molecular formula is C23H21FO2S. The SMILES string of the molecule is CCC(=C(c1ccc(O)cc1)c1ccc(O)cc1)c1ccc(F)c(SC)c1. The molecule has 0 saturated carbocycles. The number of hydrogen-bond donors (Lipinski definition) is 2. The molecule has 0 atom stereocenters. The maximum absolute atomic E-state index is 14.0. The van der Waals surface area contributed by atoms with Gasteiger partial charge in [-0.25, -0.2) is 4.39 Å². The minimum Gasteiger partial charge on any atom is -0.508 e. The molecule has 0 aliphatic rings. The van der Waals surface area contributed by atoms with Gasteiger partial charge in [-0.15, -0.1) is 11.8 Å². The number of phenols is 2. The Morgan fingerprint density at radius 2 is 1.30 bits per heavy atom. The number of rotatable bonds is 5. The molecule has 0 spiro atoms. The second kappa shape index (κ2) is 8.31. The summed E-state index contributed by atoms with van der Waals surface area (Å²) in [5, 5.41) is 19.3. The Hall–Kier alpha value is -2.72. The molecule has 2 nitrogen and oxygen atoms in total. The second-order valence-electron chi connectivity index (χ2n) is 6.15. The maximum Gasteiger partial charge on any atom is 0.136 e. The van der Waals surface area contributed by atoms with Crippen molar-refractivity contribution >= 4 is 22.9 Å². The van der Waals surface area contributed by atoms with Crippen molar-refractivity contribution in [3.8, 4) is 11.5 Å². The molecular weight excluding hydrogens is 359 g/mol. The van der Waals surface area contributed by atoms with E-state index in [1.165, 1.54) is 17.8 Å². The topological polar surface area (TPSA) is 40.5 Å². The molecule has 3 rings (SSSR count). The van der Waals surface area contributed by atoms with E-state index in [4.69, 9.17) is 0 Å². The summed E-state index contributed by atoms with van der Waals surface area (Å²) in [5.74, 6) is 0.180. The van der Waals surface area contributed by atoms with Crippen LogP contribution in [0.2, 0.25) is 0 Å². The molecule has 3 aromatic rings. The number of aromatic hydroxyl groups is 2. The van der Waals surface area contributed by atoms with Gasteiger partial charge >= 0.3 is 0 Å². The van der Waals surface area contributed by atoms with Crippen LogP contribution in [0, 0.1) is 5.82 Å². The summed E-state index contributed by atoms with van der Waals surface area (Å²) in [6.07, 6.45) is 2.61. The third-order valence-electron chi connectivity index (χ3n) is 4.47. The Balaban J connectivity index is 2.28. The van der Waals surface area contributed by atoms with Gasteiger partial charge in [-0.3, -0.25) is 0 Å². The average molecular weight is 380 g/mol. The fourth-order valence-corrected chi connectivity index (χ4v) is 3.65. The van der Waals surface area contributed by atoms with Crippen molar-refractivity contribution in [2.45, 2.75) is 18.2 Å². The third kappa shape index (κ3) is 4.17. The number of allylic oxidation sites excluding steroid dienone is 1. The van der Waals surface area contributed by atoms with Crippen LogP contribution in [0.1, 0.15) is 30.0 Å². The van der Waals surface area contributed by atoms with Gasteiger partial charge in [0, 0.05) is 4.90 Å². The number of benzene rings is 3. The molecule has 0 heterocycles. The second-order valence-corrected chi connectivity index (χ2v) is 7.00. The third-order valence-corrected chi connectivity index (χ3v) is 5.22. The Kier molecular flexibility index (Phi) is 5.87. The molecule has 0 saturated heterocycles. The molecule has 27 heavy (non-hydrogen) atoms. The van der Waals surface area contributed by atoms with Crippen LogP contribution in [0.3, 0.4) is 0 Å². The molecule has 2 N–H and O–H groups in total. The summed E-state index contributed by atoms with van der Waals surface area (Å²) < 4.78 is 14.0. The van der Waals surface area contributed by atoms with Crippen LogP contribution in [0.4, 0.5) is 4.39 Å². The molecule has 0 amide bonds. The highest BCUT2D eigenvalue weighted by Gasteiger charge is 2.14. The quantitative estimate of drug-likeness (QED) is 0.401. The van der Waals surface area contributed by atoms with Gasteiger partial charge in [-0.2, -0.15) is 0 Å². The number of phenolic OH excluding ortho intramolecular Hbond substituents is 2. The first-order chi connectivity index (χ1) is 13.0. The van der Waals surface area contributed by atoms with E-state index in [-0.39, 0.29) is 17.3 Å². The summed E-state index contributed by atoms with van der Waals surface area (Å²) in [7, 11) is 0. The van der Waals surface area contributed by atoms with E-state index in [9.17, 15) is 14.6 Å². The highest BCUT2D eigenvalue weighted by atomic mass is 32.2. The van der Waals surface area contributed by atoms with Crippen molar-refractivity contribution < 1.29 is 14.6 Å². The van der Waals surface area contributed by atoms with E-state index in [0.717, 1.165) is 34.3 Å². The van der Waals surface area contributed by atoms with Gasteiger partial charge in [0.25, 0.3) is 0 Å². The van der Waals surface area contributed by atoms with Crippen molar-refractivity contribution in [3.05, 3.63) is 89.2 Å². The van der Waals surface area contributed by atoms with Crippen LogP contribution < -0.4 is 0 Å². The lowest BCUT2D eigenvalue weighted by Gasteiger charge is -2.17. The van der Waals surface area contributed by atoms with E-state index in [0.29, 0.717) is 4.90 Å². The van der Waals surface area contributed by atoms with Gasteiger partial charge in [-0.1, -0.05) is 37.3 Å². The molecule has 0 bridgehead atoms. The average Bonchev–Trinajstić information content (AvgIpc) is 2.68. The first kappa shape index (κ1) is 19.1. The molecule has 0 aromatic heterocycles. The van der Waals surface area contributed by atoms with E-state index in [1.807, 2.05) is 36.6 Å². The zero-order valence-corrected chi connectivity index (χ0v) is 16.1. The highest BCUT2D eigenvalue weighted by molar-refractivity contribution is 7.98. The lowest BCUT2D eigenvalue weighted by molar-refractivity contribution is 0.475. The molecule has 0 radical (unpaired) electrons. The van der Waals surface area contributed by atoms with Gasteiger partial charge in [0.1, 0.15) is 17.3 Å². The van der Waals surface area contributed by atoms with Gasteiger partial charge in [0.05, 0.1) is 0 Å². The van der Waals surface area contributed by atoms with E-state index in [2.05, 4.69) is 6.92 Å². The largest absolute Gasteiger partial charge is 0.508 e. The predicted molar refractivity (Wildman–Crippen MR) is 111 cm³/mol. The van der Waals surface area contributed by atoms with Crippen LogP contribution in [-0.4, -0.2) is 16.5 Å². The monoisotopic (exact) mass is 380 g/mol. The van der Waals surface area contributed by atoms with Gasteiger partial charge in [-0.05, 0) is 76.9 Å². The smallest absolute Gasteiger partial charge is 0.136 e. The zero-order valence-electron chi connectivity index (χ0n) is 15.2. The predicted octanol–water partition coefficient (Wildman–Crippen LogP) is 6.33. The molecule has 0 aliphatic carbocycles. The first-order valence-corrected chi connectivity index (χ1v) is 9.91. The molecule has 3 aromatic carbocycles. The van der Waals surface area contributed by atoms with Crippen LogP contribution in [-0.2, 0) is 0 Å². The van der Waals surface area contributed by atoms with E-state index < -0.39 is 0 Å². The minimum absolute atomic E-state index is 0.202. The van der Waals surface area contributed by atoms with Crippen LogP contribution in [0.5, 0.6) is 11.5 Å². The van der Waals surface area contributed by atoms with Crippen LogP contribution in [0.25, 0.3) is 11.1 Å². The minimum atomic E-state index is -0.225. The Labute approximate surface area is 163 Å². The zero-order chi connectivity index (χ0) is 19.4. The highest BCUT2D eigenvalue weighted by Crippen LogP contribution is 2.36. The lowest BCUT2D eigenvalue weighted by Crippen LogP contribution is -1.96. The van der Waals surface area contributed by atoms with Gasteiger partial charge < -0.3 is 10.2 Å². The number of halogens is 1. The summed E-state index contributed by atoms with van der Waals surface area (Å²) in [5.41, 5.74) is 4.92.